The zero-order chi connectivity index (χ0) is 16.1. The van der Waals surface area contributed by atoms with Gasteiger partial charge in [0, 0.05) is 5.75 Å². The van der Waals surface area contributed by atoms with Crippen LogP contribution >= 0.6 is 11.8 Å². The van der Waals surface area contributed by atoms with Gasteiger partial charge in [0.1, 0.15) is 0 Å². The third-order valence-corrected chi connectivity index (χ3v) is 5.61. The summed E-state index contributed by atoms with van der Waals surface area (Å²) < 4.78 is 0. The highest BCUT2D eigenvalue weighted by atomic mass is 32.2. The molecular weight excluding hydrogens is 302 g/mol. The van der Waals surface area contributed by atoms with Crippen molar-refractivity contribution < 1.29 is 4.79 Å². The molecule has 3 heteroatoms. The van der Waals surface area contributed by atoms with Crippen LogP contribution in [-0.2, 0) is 17.0 Å². The Hall–Kier alpha value is -1.74. The van der Waals surface area contributed by atoms with E-state index >= 15 is 0 Å². The fraction of sp³-hybridized carbons (Fsp3) is 0.350. The summed E-state index contributed by atoms with van der Waals surface area (Å²) in [6.45, 7) is 2.00. The Bertz CT molecular complexity index is 656. The quantitative estimate of drug-likeness (QED) is 0.877. The second kappa shape index (κ2) is 7.69. The van der Waals surface area contributed by atoms with Crippen LogP contribution in [0.4, 0.5) is 0 Å². The molecule has 0 saturated heterocycles. The van der Waals surface area contributed by atoms with Crippen LogP contribution in [0.2, 0.25) is 0 Å². The minimum atomic E-state index is -0.0377. The summed E-state index contributed by atoms with van der Waals surface area (Å²) in [4.78, 5) is 12.5. The average molecular weight is 325 g/mol. The van der Waals surface area contributed by atoms with E-state index in [0.29, 0.717) is 0 Å². The fourth-order valence-electron chi connectivity index (χ4n) is 3.06. The Balaban J connectivity index is 1.57. The van der Waals surface area contributed by atoms with Crippen molar-refractivity contribution >= 4 is 17.7 Å². The number of rotatable bonds is 5. The van der Waals surface area contributed by atoms with Gasteiger partial charge in [-0.2, -0.15) is 0 Å². The molecule has 0 saturated carbocycles. The molecule has 0 radical (unpaired) electrons. The lowest BCUT2D eigenvalue weighted by Gasteiger charge is -2.27. The van der Waals surface area contributed by atoms with E-state index in [4.69, 9.17) is 0 Å². The van der Waals surface area contributed by atoms with Crippen LogP contribution in [0, 0.1) is 0 Å². The zero-order valence-corrected chi connectivity index (χ0v) is 14.3. The normalized spacial score (nSPS) is 18.0. The van der Waals surface area contributed by atoms with Crippen LogP contribution in [-0.4, -0.2) is 11.2 Å². The van der Waals surface area contributed by atoms with E-state index in [1.807, 2.05) is 25.1 Å². The van der Waals surface area contributed by atoms with Gasteiger partial charge in [-0.25, -0.2) is 0 Å². The lowest BCUT2D eigenvalue weighted by molar-refractivity contribution is -0.121. The van der Waals surface area contributed by atoms with Gasteiger partial charge in [-0.1, -0.05) is 54.6 Å². The first-order valence-corrected chi connectivity index (χ1v) is 9.32. The molecule has 0 aromatic heterocycles. The molecule has 0 spiro atoms. The van der Waals surface area contributed by atoms with Crippen molar-refractivity contribution in [1.82, 2.24) is 5.32 Å². The topological polar surface area (TPSA) is 29.1 Å². The number of aryl methyl sites for hydroxylation is 1. The van der Waals surface area contributed by atoms with Crippen molar-refractivity contribution in [2.24, 2.45) is 0 Å². The number of hydrogen-bond donors (Lipinski definition) is 1. The summed E-state index contributed by atoms with van der Waals surface area (Å²) >= 11 is 1.70. The molecule has 3 rings (SSSR count). The van der Waals surface area contributed by atoms with E-state index in [1.165, 1.54) is 16.7 Å². The number of nitrogens with one attached hydrogen (secondary N) is 1. The molecule has 2 unspecified atom stereocenters. The molecule has 23 heavy (non-hydrogen) atoms. The number of thioether (sulfide) groups is 1. The summed E-state index contributed by atoms with van der Waals surface area (Å²) in [5.74, 6) is 1.02. The van der Waals surface area contributed by atoms with Gasteiger partial charge in [-0.15, -0.1) is 11.8 Å². The largest absolute Gasteiger partial charge is 0.348 e. The SMILES string of the molecule is CC(SCc1ccccc1)C(=O)NC1CCCc2ccccc21. The second-order valence-electron chi connectivity index (χ2n) is 6.09. The Labute approximate surface area is 142 Å². The fourth-order valence-corrected chi connectivity index (χ4v) is 3.92. The third-order valence-electron chi connectivity index (χ3n) is 4.40. The van der Waals surface area contributed by atoms with E-state index in [-0.39, 0.29) is 17.2 Å². The van der Waals surface area contributed by atoms with Crippen molar-refractivity contribution in [1.29, 1.82) is 0 Å². The van der Waals surface area contributed by atoms with E-state index in [0.717, 1.165) is 25.0 Å². The summed E-state index contributed by atoms with van der Waals surface area (Å²) in [7, 11) is 0. The molecule has 0 fully saturated rings. The summed E-state index contributed by atoms with van der Waals surface area (Å²) in [6, 6.07) is 19.0. The predicted octanol–water partition coefficient (Wildman–Crippen LogP) is 4.50. The summed E-state index contributed by atoms with van der Waals surface area (Å²) in [6.07, 6.45) is 3.31. The first-order valence-electron chi connectivity index (χ1n) is 8.28. The molecule has 1 aliphatic rings. The first-order chi connectivity index (χ1) is 11.2. The van der Waals surface area contributed by atoms with Crippen molar-refractivity contribution in [3.05, 3.63) is 71.3 Å². The maximum Gasteiger partial charge on any atom is 0.233 e. The van der Waals surface area contributed by atoms with Crippen LogP contribution in [0.5, 0.6) is 0 Å². The molecule has 1 amide bonds. The minimum absolute atomic E-state index is 0.0377. The van der Waals surface area contributed by atoms with Crippen LogP contribution in [0.25, 0.3) is 0 Å². The molecule has 2 aromatic rings. The van der Waals surface area contributed by atoms with Crippen molar-refractivity contribution in [2.75, 3.05) is 0 Å². The molecular formula is C20H23NOS. The lowest BCUT2D eigenvalue weighted by Crippen LogP contribution is -2.35. The van der Waals surface area contributed by atoms with E-state index in [1.54, 1.807) is 11.8 Å². The van der Waals surface area contributed by atoms with Gasteiger partial charge in [0.2, 0.25) is 5.91 Å². The Morgan fingerprint density at radius 2 is 1.91 bits per heavy atom. The summed E-state index contributed by atoms with van der Waals surface area (Å²) in [5, 5.41) is 3.21. The lowest BCUT2D eigenvalue weighted by atomic mass is 9.88. The zero-order valence-electron chi connectivity index (χ0n) is 13.5. The molecule has 1 aliphatic carbocycles. The van der Waals surface area contributed by atoms with Gasteiger partial charge >= 0.3 is 0 Å². The standard InChI is InChI=1S/C20H23NOS/c1-15(23-14-16-8-3-2-4-9-16)20(22)21-19-13-7-11-17-10-5-6-12-18(17)19/h2-6,8-10,12,15,19H,7,11,13-14H2,1H3,(H,21,22). The van der Waals surface area contributed by atoms with Crippen LogP contribution in [0.15, 0.2) is 54.6 Å². The van der Waals surface area contributed by atoms with Gasteiger partial charge in [-0.05, 0) is 42.9 Å². The number of carbonyl (C=O) groups excluding carboxylic acids is 1. The van der Waals surface area contributed by atoms with Crippen LogP contribution < -0.4 is 5.32 Å². The van der Waals surface area contributed by atoms with Crippen LogP contribution in [0.1, 0.15) is 42.5 Å². The molecule has 1 N–H and O–H groups in total. The van der Waals surface area contributed by atoms with Gasteiger partial charge < -0.3 is 5.32 Å². The molecule has 2 aromatic carbocycles. The van der Waals surface area contributed by atoms with E-state index < -0.39 is 0 Å². The summed E-state index contributed by atoms with van der Waals surface area (Å²) in [5.41, 5.74) is 3.95. The molecule has 2 atom stereocenters. The second-order valence-corrected chi connectivity index (χ2v) is 7.42. The van der Waals surface area contributed by atoms with E-state index in [2.05, 4.69) is 41.7 Å². The highest BCUT2D eigenvalue weighted by molar-refractivity contribution is 7.99. The maximum absolute atomic E-state index is 12.5. The van der Waals surface area contributed by atoms with Gasteiger partial charge in [0.25, 0.3) is 0 Å². The molecule has 0 aliphatic heterocycles. The number of fused-ring (bicyclic) bond motifs is 1. The predicted molar refractivity (Wildman–Crippen MR) is 97.5 cm³/mol. The Kier molecular flexibility index (Phi) is 5.39. The third kappa shape index (κ3) is 4.17. The Morgan fingerprint density at radius 1 is 1.17 bits per heavy atom. The van der Waals surface area contributed by atoms with Crippen molar-refractivity contribution in [3.8, 4) is 0 Å². The van der Waals surface area contributed by atoms with Crippen molar-refractivity contribution in [2.45, 2.75) is 43.2 Å². The number of benzene rings is 2. The van der Waals surface area contributed by atoms with Gasteiger partial charge in [0.05, 0.1) is 11.3 Å². The molecule has 0 bridgehead atoms. The minimum Gasteiger partial charge on any atom is -0.348 e. The number of carbonyl (C=O) groups is 1. The average Bonchev–Trinajstić information content (AvgIpc) is 2.61. The number of amides is 1. The Morgan fingerprint density at radius 3 is 2.74 bits per heavy atom. The van der Waals surface area contributed by atoms with Crippen molar-refractivity contribution in [3.63, 3.8) is 0 Å². The van der Waals surface area contributed by atoms with E-state index in [9.17, 15) is 4.79 Å². The maximum atomic E-state index is 12.5. The smallest absolute Gasteiger partial charge is 0.233 e. The number of hydrogen-bond acceptors (Lipinski definition) is 2. The van der Waals surface area contributed by atoms with Crippen LogP contribution in [0.3, 0.4) is 0 Å². The first kappa shape index (κ1) is 16.1. The highest BCUT2D eigenvalue weighted by Crippen LogP contribution is 2.30. The molecule has 0 heterocycles. The van der Waals surface area contributed by atoms with Gasteiger partial charge in [-0.3, -0.25) is 4.79 Å². The highest BCUT2D eigenvalue weighted by Gasteiger charge is 2.23. The molecule has 120 valence electrons. The molecule has 2 nitrogen and oxygen atoms in total. The van der Waals surface area contributed by atoms with Gasteiger partial charge in [0.15, 0.2) is 0 Å². The monoisotopic (exact) mass is 325 g/mol.